The Morgan fingerprint density at radius 1 is 1.29 bits per heavy atom. The van der Waals surface area contributed by atoms with E-state index in [0.29, 0.717) is 12.6 Å². The SMILES string of the molecule is NCCc1ccc(NC(=O)NC2CCC2)cc1. The molecule has 0 aromatic heterocycles. The molecule has 2 rings (SSSR count). The zero-order valence-corrected chi connectivity index (χ0v) is 9.91. The molecule has 0 unspecified atom stereocenters. The molecular weight excluding hydrogens is 214 g/mol. The molecule has 0 bridgehead atoms. The Morgan fingerprint density at radius 3 is 2.53 bits per heavy atom. The number of nitrogens with one attached hydrogen (secondary N) is 2. The van der Waals surface area contributed by atoms with Gasteiger partial charge >= 0.3 is 6.03 Å². The molecule has 0 radical (unpaired) electrons. The van der Waals surface area contributed by atoms with E-state index in [1.165, 1.54) is 12.0 Å². The Bertz CT molecular complexity index is 371. The van der Waals surface area contributed by atoms with Crippen LogP contribution in [-0.4, -0.2) is 18.6 Å². The lowest BCUT2D eigenvalue weighted by Gasteiger charge is -2.26. The highest BCUT2D eigenvalue weighted by Crippen LogP contribution is 2.18. The Kier molecular flexibility index (Phi) is 3.98. The minimum atomic E-state index is -0.110. The van der Waals surface area contributed by atoms with Crippen molar-refractivity contribution in [1.82, 2.24) is 5.32 Å². The molecule has 1 fully saturated rings. The van der Waals surface area contributed by atoms with Gasteiger partial charge in [0.05, 0.1) is 0 Å². The minimum Gasteiger partial charge on any atom is -0.335 e. The van der Waals surface area contributed by atoms with Crippen LogP contribution in [0.1, 0.15) is 24.8 Å². The molecule has 1 saturated carbocycles. The van der Waals surface area contributed by atoms with Gasteiger partial charge in [-0.25, -0.2) is 4.79 Å². The number of urea groups is 1. The van der Waals surface area contributed by atoms with Crippen molar-refractivity contribution >= 4 is 11.7 Å². The summed E-state index contributed by atoms with van der Waals surface area (Å²) in [4.78, 5) is 11.6. The van der Waals surface area contributed by atoms with E-state index in [-0.39, 0.29) is 6.03 Å². The van der Waals surface area contributed by atoms with E-state index in [9.17, 15) is 4.79 Å². The summed E-state index contributed by atoms with van der Waals surface area (Å²) in [5, 5.41) is 5.76. The van der Waals surface area contributed by atoms with Gasteiger partial charge in [0.25, 0.3) is 0 Å². The molecule has 0 heterocycles. The Morgan fingerprint density at radius 2 is 2.00 bits per heavy atom. The van der Waals surface area contributed by atoms with Crippen LogP contribution in [0, 0.1) is 0 Å². The summed E-state index contributed by atoms with van der Waals surface area (Å²) >= 11 is 0. The Balaban J connectivity index is 1.82. The van der Waals surface area contributed by atoms with Gasteiger partial charge in [-0.2, -0.15) is 0 Å². The molecule has 2 amide bonds. The van der Waals surface area contributed by atoms with Crippen molar-refractivity contribution in [2.45, 2.75) is 31.7 Å². The molecule has 0 saturated heterocycles. The maximum absolute atomic E-state index is 11.6. The number of hydrogen-bond acceptors (Lipinski definition) is 2. The number of carbonyl (C=O) groups is 1. The number of rotatable bonds is 4. The van der Waals surface area contributed by atoms with Crippen LogP contribution in [0.2, 0.25) is 0 Å². The molecule has 1 aromatic carbocycles. The van der Waals surface area contributed by atoms with Gasteiger partial charge in [-0.3, -0.25) is 0 Å². The molecule has 4 nitrogen and oxygen atoms in total. The van der Waals surface area contributed by atoms with E-state index in [1.54, 1.807) is 0 Å². The fourth-order valence-electron chi connectivity index (χ4n) is 1.83. The van der Waals surface area contributed by atoms with Crippen LogP contribution in [0.25, 0.3) is 0 Å². The average molecular weight is 233 g/mol. The molecular formula is C13H19N3O. The van der Waals surface area contributed by atoms with Crippen LogP contribution in [-0.2, 0) is 6.42 Å². The smallest absolute Gasteiger partial charge is 0.319 e. The van der Waals surface area contributed by atoms with Gasteiger partial charge in [0.2, 0.25) is 0 Å². The predicted octanol–water partition coefficient (Wildman–Crippen LogP) is 1.86. The quantitative estimate of drug-likeness (QED) is 0.743. The molecule has 4 N–H and O–H groups in total. The number of carbonyl (C=O) groups excluding carboxylic acids is 1. The van der Waals surface area contributed by atoms with E-state index in [0.717, 1.165) is 24.9 Å². The van der Waals surface area contributed by atoms with Crippen LogP contribution >= 0.6 is 0 Å². The second kappa shape index (κ2) is 5.68. The zero-order chi connectivity index (χ0) is 12.1. The van der Waals surface area contributed by atoms with Gasteiger partial charge in [0, 0.05) is 11.7 Å². The van der Waals surface area contributed by atoms with E-state index in [2.05, 4.69) is 10.6 Å². The third-order valence-corrected chi connectivity index (χ3v) is 3.09. The third kappa shape index (κ3) is 3.46. The van der Waals surface area contributed by atoms with Crippen molar-refractivity contribution < 1.29 is 4.79 Å². The third-order valence-electron chi connectivity index (χ3n) is 3.09. The number of nitrogens with two attached hydrogens (primary N) is 1. The largest absolute Gasteiger partial charge is 0.335 e. The molecule has 0 aliphatic heterocycles. The number of hydrogen-bond donors (Lipinski definition) is 3. The standard InChI is InChI=1S/C13H19N3O/c14-9-8-10-4-6-12(7-5-10)16-13(17)15-11-2-1-3-11/h4-7,11H,1-3,8-9,14H2,(H2,15,16,17). The second-order valence-electron chi connectivity index (χ2n) is 4.46. The number of anilines is 1. The lowest BCUT2D eigenvalue weighted by molar-refractivity contribution is 0.240. The number of amides is 2. The van der Waals surface area contributed by atoms with Gasteiger partial charge in [0.1, 0.15) is 0 Å². The first-order chi connectivity index (χ1) is 8.28. The normalized spacial score (nSPS) is 15.1. The first-order valence-corrected chi connectivity index (χ1v) is 6.14. The summed E-state index contributed by atoms with van der Waals surface area (Å²) in [5.41, 5.74) is 7.49. The van der Waals surface area contributed by atoms with Gasteiger partial charge in [-0.05, 0) is 49.9 Å². The Labute approximate surface area is 102 Å². The minimum absolute atomic E-state index is 0.110. The summed E-state index contributed by atoms with van der Waals surface area (Å²) in [6, 6.07) is 8.06. The lowest BCUT2D eigenvalue weighted by Crippen LogP contribution is -2.41. The highest BCUT2D eigenvalue weighted by atomic mass is 16.2. The molecule has 4 heteroatoms. The summed E-state index contributed by atoms with van der Waals surface area (Å²) in [6.07, 6.45) is 4.29. The fourth-order valence-corrected chi connectivity index (χ4v) is 1.83. The topological polar surface area (TPSA) is 67.1 Å². The highest BCUT2D eigenvalue weighted by Gasteiger charge is 2.19. The molecule has 0 spiro atoms. The van der Waals surface area contributed by atoms with Crippen molar-refractivity contribution in [3.63, 3.8) is 0 Å². The lowest BCUT2D eigenvalue weighted by atomic mass is 9.93. The van der Waals surface area contributed by atoms with Crippen LogP contribution in [0.5, 0.6) is 0 Å². The Hall–Kier alpha value is -1.55. The van der Waals surface area contributed by atoms with Crippen LogP contribution < -0.4 is 16.4 Å². The summed E-state index contributed by atoms with van der Waals surface area (Å²) in [5.74, 6) is 0. The molecule has 1 aliphatic rings. The van der Waals surface area contributed by atoms with E-state index >= 15 is 0 Å². The van der Waals surface area contributed by atoms with Gasteiger partial charge in [0.15, 0.2) is 0 Å². The fraction of sp³-hybridized carbons (Fsp3) is 0.462. The van der Waals surface area contributed by atoms with Crippen molar-refractivity contribution in [3.05, 3.63) is 29.8 Å². The molecule has 1 aromatic rings. The van der Waals surface area contributed by atoms with Crippen LogP contribution in [0.4, 0.5) is 10.5 Å². The maximum Gasteiger partial charge on any atom is 0.319 e. The summed E-state index contributed by atoms with van der Waals surface area (Å²) in [6.45, 7) is 0.648. The summed E-state index contributed by atoms with van der Waals surface area (Å²) in [7, 11) is 0. The molecule has 17 heavy (non-hydrogen) atoms. The number of benzene rings is 1. The van der Waals surface area contributed by atoms with Gasteiger partial charge in [-0.1, -0.05) is 12.1 Å². The van der Waals surface area contributed by atoms with Crippen molar-refractivity contribution in [3.8, 4) is 0 Å². The zero-order valence-electron chi connectivity index (χ0n) is 9.91. The van der Waals surface area contributed by atoms with Gasteiger partial charge in [-0.15, -0.1) is 0 Å². The second-order valence-corrected chi connectivity index (χ2v) is 4.46. The molecule has 0 atom stereocenters. The predicted molar refractivity (Wildman–Crippen MR) is 69.0 cm³/mol. The van der Waals surface area contributed by atoms with Crippen LogP contribution in [0.15, 0.2) is 24.3 Å². The summed E-state index contributed by atoms with van der Waals surface area (Å²) < 4.78 is 0. The molecule has 1 aliphatic carbocycles. The van der Waals surface area contributed by atoms with E-state index in [4.69, 9.17) is 5.73 Å². The molecule has 92 valence electrons. The first-order valence-electron chi connectivity index (χ1n) is 6.14. The first kappa shape index (κ1) is 11.9. The average Bonchev–Trinajstić information content (AvgIpc) is 2.27. The van der Waals surface area contributed by atoms with E-state index < -0.39 is 0 Å². The van der Waals surface area contributed by atoms with Crippen molar-refractivity contribution in [2.24, 2.45) is 5.73 Å². The highest BCUT2D eigenvalue weighted by molar-refractivity contribution is 5.89. The van der Waals surface area contributed by atoms with Crippen molar-refractivity contribution in [1.29, 1.82) is 0 Å². The van der Waals surface area contributed by atoms with E-state index in [1.807, 2.05) is 24.3 Å². The van der Waals surface area contributed by atoms with Crippen molar-refractivity contribution in [2.75, 3.05) is 11.9 Å². The van der Waals surface area contributed by atoms with Crippen LogP contribution in [0.3, 0.4) is 0 Å². The maximum atomic E-state index is 11.6. The van der Waals surface area contributed by atoms with Gasteiger partial charge < -0.3 is 16.4 Å². The monoisotopic (exact) mass is 233 g/mol.